The Hall–Kier alpha value is -10.8. The standard InChI is InChI=1S/C76H56N6/c1-7-25-57(26-8-1)79(58-27-9-2-10-28-58)71-51-53-73(67-39-21-19-37-65(67)71)81(61-33-15-5-16-34-61)63-47-43-55(44-48-63)75-76(78-70-42-24-23-41-69(70)77-75)56-45-49-64(50-46-56)82(62-35-17-6-18-36-62)74-54-52-72(66-38-20-22-40-68(66)74)80(59-29-11-3-12-30-59)60-31-13-4-14-32-60/h1-35,37-54,62H,36H2. The predicted molar refractivity (Wildman–Crippen MR) is 345 cm³/mol. The molecule has 12 aromatic carbocycles. The number of fused-ring (bicyclic) bond motifs is 3. The highest BCUT2D eigenvalue weighted by Crippen LogP contribution is 2.48. The third kappa shape index (κ3) is 9.48. The van der Waals surface area contributed by atoms with Crippen LogP contribution < -0.4 is 19.6 Å². The van der Waals surface area contributed by atoms with Crippen molar-refractivity contribution in [3.05, 3.63) is 322 Å². The molecular weight excluding hydrogens is 997 g/mol. The van der Waals surface area contributed by atoms with E-state index in [2.05, 4.69) is 323 Å². The molecule has 0 amide bonds. The Morgan fingerprint density at radius 3 is 0.927 bits per heavy atom. The first-order chi connectivity index (χ1) is 40.7. The van der Waals surface area contributed by atoms with Crippen molar-refractivity contribution in [3.63, 3.8) is 0 Å². The molecular formula is C76H56N6. The molecule has 82 heavy (non-hydrogen) atoms. The first-order valence-corrected chi connectivity index (χ1v) is 28.0. The molecule has 1 aromatic heterocycles. The van der Waals surface area contributed by atoms with Crippen LogP contribution in [0.3, 0.4) is 0 Å². The van der Waals surface area contributed by atoms with Gasteiger partial charge in [-0.25, -0.2) is 9.97 Å². The van der Waals surface area contributed by atoms with Gasteiger partial charge in [-0.05, 0) is 128 Å². The van der Waals surface area contributed by atoms with Crippen molar-refractivity contribution in [1.82, 2.24) is 9.97 Å². The number of para-hydroxylation sites is 7. The zero-order valence-corrected chi connectivity index (χ0v) is 45.1. The maximum absolute atomic E-state index is 5.40. The molecule has 13 aromatic rings. The first-order valence-electron chi connectivity index (χ1n) is 28.0. The van der Waals surface area contributed by atoms with Crippen molar-refractivity contribution in [2.24, 2.45) is 0 Å². The number of nitrogens with zero attached hydrogens (tertiary/aromatic N) is 6. The van der Waals surface area contributed by atoms with Crippen LogP contribution >= 0.6 is 0 Å². The van der Waals surface area contributed by atoms with Gasteiger partial charge < -0.3 is 19.6 Å². The smallest absolute Gasteiger partial charge is 0.0973 e. The summed E-state index contributed by atoms with van der Waals surface area (Å²) in [4.78, 5) is 20.4. The summed E-state index contributed by atoms with van der Waals surface area (Å²) >= 11 is 0. The summed E-state index contributed by atoms with van der Waals surface area (Å²) in [6.45, 7) is 0. The molecule has 6 nitrogen and oxygen atoms in total. The molecule has 0 radical (unpaired) electrons. The number of allylic oxidation sites excluding steroid dienone is 2. The maximum atomic E-state index is 5.40. The largest absolute Gasteiger partial charge is 0.334 e. The molecule has 1 aliphatic rings. The number of rotatable bonds is 14. The van der Waals surface area contributed by atoms with Crippen molar-refractivity contribution < 1.29 is 0 Å². The summed E-state index contributed by atoms with van der Waals surface area (Å²) in [5.74, 6) is 0. The minimum absolute atomic E-state index is 0.0867. The van der Waals surface area contributed by atoms with Gasteiger partial charge >= 0.3 is 0 Å². The fourth-order valence-electron chi connectivity index (χ4n) is 11.7. The van der Waals surface area contributed by atoms with Crippen LogP contribution in [0.25, 0.3) is 55.1 Å². The minimum atomic E-state index is 0.0867. The van der Waals surface area contributed by atoms with Gasteiger partial charge in [-0.15, -0.1) is 0 Å². The highest BCUT2D eigenvalue weighted by atomic mass is 15.2. The maximum Gasteiger partial charge on any atom is 0.0973 e. The molecule has 1 unspecified atom stereocenters. The normalized spacial score (nSPS) is 12.9. The van der Waals surface area contributed by atoms with E-state index >= 15 is 0 Å². The van der Waals surface area contributed by atoms with E-state index in [0.717, 1.165) is 113 Å². The summed E-state index contributed by atoms with van der Waals surface area (Å²) in [5, 5.41) is 4.61. The van der Waals surface area contributed by atoms with Crippen molar-refractivity contribution in [2.75, 3.05) is 19.6 Å². The number of anilines is 11. The van der Waals surface area contributed by atoms with Crippen molar-refractivity contribution in [1.29, 1.82) is 0 Å². The Kier molecular flexibility index (Phi) is 13.4. The van der Waals surface area contributed by atoms with Crippen molar-refractivity contribution in [2.45, 2.75) is 12.5 Å². The molecule has 0 saturated carbocycles. The Morgan fingerprint density at radius 2 is 0.573 bits per heavy atom. The van der Waals surface area contributed by atoms with Crippen LogP contribution in [0, 0.1) is 0 Å². The lowest BCUT2D eigenvalue weighted by molar-refractivity contribution is 0.787. The molecule has 0 spiro atoms. The number of hydrogen-bond donors (Lipinski definition) is 0. The summed E-state index contributed by atoms with van der Waals surface area (Å²) in [7, 11) is 0. The first kappa shape index (κ1) is 49.5. The summed E-state index contributed by atoms with van der Waals surface area (Å²) in [6.07, 6.45) is 9.77. The van der Waals surface area contributed by atoms with Crippen LogP contribution in [-0.4, -0.2) is 16.0 Å². The molecule has 6 heteroatoms. The van der Waals surface area contributed by atoms with Crippen molar-refractivity contribution >= 4 is 95.1 Å². The van der Waals surface area contributed by atoms with Gasteiger partial charge in [-0.3, -0.25) is 0 Å². The quantitative estimate of drug-likeness (QED) is 0.108. The fourth-order valence-corrected chi connectivity index (χ4v) is 11.7. The zero-order chi connectivity index (χ0) is 54.6. The summed E-state index contributed by atoms with van der Waals surface area (Å²) in [5.41, 5.74) is 17.3. The van der Waals surface area contributed by atoms with Gasteiger partial charge in [0.1, 0.15) is 0 Å². The Labute approximate surface area is 478 Å². The van der Waals surface area contributed by atoms with Crippen LogP contribution in [0.2, 0.25) is 0 Å². The Bertz CT molecular complexity index is 4340. The van der Waals surface area contributed by atoms with Gasteiger partial charge in [0.05, 0.1) is 45.5 Å². The van der Waals surface area contributed by atoms with Gasteiger partial charge in [0, 0.05) is 78.2 Å². The summed E-state index contributed by atoms with van der Waals surface area (Å²) < 4.78 is 0. The van der Waals surface area contributed by atoms with E-state index in [1.165, 1.54) is 10.8 Å². The molecule has 0 N–H and O–H groups in total. The van der Waals surface area contributed by atoms with E-state index < -0.39 is 0 Å². The van der Waals surface area contributed by atoms with Crippen LogP contribution in [0.1, 0.15) is 6.42 Å². The molecule has 1 heterocycles. The lowest BCUT2D eigenvalue weighted by Gasteiger charge is -2.35. The minimum Gasteiger partial charge on any atom is -0.334 e. The molecule has 1 atom stereocenters. The fraction of sp³-hybridized carbons (Fsp3) is 0.0263. The van der Waals surface area contributed by atoms with Gasteiger partial charge in [0.15, 0.2) is 0 Å². The topological polar surface area (TPSA) is 38.7 Å². The second-order valence-corrected chi connectivity index (χ2v) is 20.5. The van der Waals surface area contributed by atoms with Crippen LogP contribution in [-0.2, 0) is 0 Å². The predicted octanol–water partition coefficient (Wildman–Crippen LogP) is 20.7. The average Bonchev–Trinajstić information content (AvgIpc) is 3.68. The van der Waals surface area contributed by atoms with Crippen molar-refractivity contribution in [3.8, 4) is 22.5 Å². The Morgan fingerprint density at radius 1 is 0.268 bits per heavy atom. The van der Waals surface area contributed by atoms with E-state index in [9.17, 15) is 0 Å². The highest BCUT2D eigenvalue weighted by Gasteiger charge is 2.26. The van der Waals surface area contributed by atoms with Crippen LogP contribution in [0.4, 0.5) is 62.6 Å². The van der Waals surface area contributed by atoms with Crippen LogP contribution in [0.5, 0.6) is 0 Å². The van der Waals surface area contributed by atoms with E-state index in [-0.39, 0.29) is 6.04 Å². The van der Waals surface area contributed by atoms with Crippen LogP contribution in [0.15, 0.2) is 322 Å². The van der Waals surface area contributed by atoms with Gasteiger partial charge in [0.2, 0.25) is 0 Å². The van der Waals surface area contributed by atoms with E-state index in [1.54, 1.807) is 0 Å². The second-order valence-electron chi connectivity index (χ2n) is 20.5. The van der Waals surface area contributed by atoms with Gasteiger partial charge in [-0.2, -0.15) is 0 Å². The number of benzene rings is 12. The summed E-state index contributed by atoms with van der Waals surface area (Å²) in [6, 6.07) is 106. The highest BCUT2D eigenvalue weighted by molar-refractivity contribution is 6.08. The SMILES string of the molecule is C1=CCC(N(c2ccc(-c3nc4ccccc4nc3-c3ccc(N(c4ccccc4)c4ccc(N(c5ccccc5)c5ccccc5)c5ccccc45)cc3)cc2)c2ccc(N(c3ccccc3)c3ccccc3)c3ccccc23)C=C1. The number of hydrogen-bond acceptors (Lipinski definition) is 6. The Balaban J connectivity index is 0.849. The van der Waals surface area contributed by atoms with E-state index in [0.29, 0.717) is 0 Å². The molecule has 390 valence electrons. The van der Waals surface area contributed by atoms with Gasteiger partial charge in [-0.1, -0.05) is 200 Å². The lowest BCUT2D eigenvalue weighted by atomic mass is 9.99. The number of aromatic nitrogens is 2. The molecule has 0 saturated heterocycles. The second kappa shape index (κ2) is 22.1. The molecule has 1 aliphatic carbocycles. The third-order valence-corrected chi connectivity index (χ3v) is 15.5. The molecule has 0 aliphatic heterocycles. The zero-order valence-electron chi connectivity index (χ0n) is 45.1. The average molecular weight is 1050 g/mol. The lowest BCUT2D eigenvalue weighted by Crippen LogP contribution is -2.30. The third-order valence-electron chi connectivity index (χ3n) is 15.5. The molecule has 0 fully saturated rings. The van der Waals surface area contributed by atoms with E-state index in [4.69, 9.17) is 9.97 Å². The van der Waals surface area contributed by atoms with Gasteiger partial charge in [0.25, 0.3) is 0 Å². The molecule has 0 bridgehead atoms. The van der Waals surface area contributed by atoms with E-state index in [1.807, 2.05) is 18.2 Å². The monoisotopic (exact) mass is 1050 g/mol. The molecule has 14 rings (SSSR count).